The van der Waals surface area contributed by atoms with Gasteiger partial charge in [0.1, 0.15) is 5.75 Å². The van der Waals surface area contributed by atoms with Crippen molar-refractivity contribution in [3.05, 3.63) is 29.8 Å². The Kier molecular flexibility index (Phi) is 4.29. The first-order valence-corrected chi connectivity index (χ1v) is 7.68. The molecule has 0 aromatic heterocycles. The molecule has 118 valence electrons. The first-order chi connectivity index (χ1) is 10.6. The Morgan fingerprint density at radius 1 is 1.18 bits per heavy atom. The van der Waals surface area contributed by atoms with Crippen LogP contribution in [-0.2, 0) is 4.79 Å². The van der Waals surface area contributed by atoms with E-state index < -0.39 is 5.91 Å². The van der Waals surface area contributed by atoms with E-state index in [0.717, 1.165) is 12.8 Å². The van der Waals surface area contributed by atoms with Crippen LogP contribution in [-0.4, -0.2) is 36.5 Å². The molecule has 2 heterocycles. The predicted octanol–water partition coefficient (Wildman–Crippen LogP) is 0.564. The molecule has 2 unspecified atom stereocenters. The van der Waals surface area contributed by atoms with Gasteiger partial charge in [0.2, 0.25) is 5.91 Å². The van der Waals surface area contributed by atoms with Gasteiger partial charge in [0, 0.05) is 23.7 Å². The minimum absolute atomic E-state index is 0.0187. The summed E-state index contributed by atoms with van der Waals surface area (Å²) in [6, 6.07) is 7.78. The summed E-state index contributed by atoms with van der Waals surface area (Å²) < 4.78 is 5.43. The van der Waals surface area contributed by atoms with Crippen LogP contribution < -0.4 is 21.1 Å². The third kappa shape index (κ3) is 3.57. The molecule has 2 aliphatic heterocycles. The van der Waals surface area contributed by atoms with Crippen LogP contribution >= 0.6 is 0 Å². The summed E-state index contributed by atoms with van der Waals surface area (Å²) in [5.74, 6) is -0.0411. The quantitative estimate of drug-likeness (QED) is 0.741. The van der Waals surface area contributed by atoms with Gasteiger partial charge in [0.05, 0.1) is 0 Å². The van der Waals surface area contributed by atoms with Crippen LogP contribution in [0, 0.1) is 0 Å². The standard InChI is InChI=1S/C16H21N3O3/c17-16(21)10-1-5-14(6-2-10)22-9-15(20)19-13-7-11-3-4-12(8-13)18-11/h1-2,5-6,11-13,18H,3-4,7-9H2,(H2,17,21)(H,19,20). The molecular formula is C16H21N3O3. The monoisotopic (exact) mass is 303 g/mol. The number of hydrogen-bond donors (Lipinski definition) is 3. The molecule has 2 saturated heterocycles. The van der Waals surface area contributed by atoms with E-state index in [4.69, 9.17) is 10.5 Å². The highest BCUT2D eigenvalue weighted by molar-refractivity contribution is 5.92. The maximum atomic E-state index is 12.0. The molecule has 2 atom stereocenters. The van der Waals surface area contributed by atoms with Crippen LogP contribution in [0.5, 0.6) is 5.75 Å². The lowest BCUT2D eigenvalue weighted by Gasteiger charge is -2.29. The number of benzene rings is 1. The molecule has 2 aliphatic rings. The Hall–Kier alpha value is -2.08. The van der Waals surface area contributed by atoms with Crippen LogP contribution in [0.2, 0.25) is 0 Å². The van der Waals surface area contributed by atoms with E-state index in [1.54, 1.807) is 24.3 Å². The fourth-order valence-corrected chi connectivity index (χ4v) is 3.31. The maximum Gasteiger partial charge on any atom is 0.258 e. The van der Waals surface area contributed by atoms with Crippen molar-refractivity contribution in [2.24, 2.45) is 5.73 Å². The number of rotatable bonds is 5. The summed E-state index contributed by atoms with van der Waals surface area (Å²) in [5.41, 5.74) is 5.59. The fourth-order valence-electron chi connectivity index (χ4n) is 3.31. The number of carbonyl (C=O) groups excluding carboxylic acids is 2. The van der Waals surface area contributed by atoms with Gasteiger partial charge in [-0.05, 0) is 49.9 Å². The van der Waals surface area contributed by atoms with Gasteiger partial charge in [-0.2, -0.15) is 0 Å². The van der Waals surface area contributed by atoms with Crippen molar-refractivity contribution in [2.75, 3.05) is 6.61 Å². The van der Waals surface area contributed by atoms with E-state index in [1.807, 2.05) is 0 Å². The van der Waals surface area contributed by atoms with Crippen LogP contribution in [0.3, 0.4) is 0 Å². The average Bonchev–Trinajstić information content (AvgIpc) is 2.84. The smallest absolute Gasteiger partial charge is 0.258 e. The Morgan fingerprint density at radius 2 is 1.82 bits per heavy atom. The Bertz CT molecular complexity index is 546. The highest BCUT2D eigenvalue weighted by Gasteiger charge is 2.33. The molecule has 1 aromatic carbocycles. The Balaban J connectivity index is 1.45. The van der Waals surface area contributed by atoms with E-state index in [9.17, 15) is 9.59 Å². The molecule has 0 saturated carbocycles. The lowest BCUT2D eigenvalue weighted by Crippen LogP contribution is -2.48. The topological polar surface area (TPSA) is 93.5 Å². The van der Waals surface area contributed by atoms with Crippen molar-refractivity contribution < 1.29 is 14.3 Å². The molecule has 3 rings (SSSR count). The van der Waals surface area contributed by atoms with E-state index >= 15 is 0 Å². The zero-order valence-corrected chi connectivity index (χ0v) is 12.4. The molecule has 2 amide bonds. The molecular weight excluding hydrogens is 282 g/mol. The molecule has 6 heteroatoms. The van der Waals surface area contributed by atoms with Gasteiger partial charge in [0.25, 0.3) is 5.91 Å². The number of nitrogens with two attached hydrogens (primary N) is 1. The number of carbonyl (C=O) groups is 2. The summed E-state index contributed by atoms with van der Waals surface area (Å²) in [6.45, 7) is -0.0187. The van der Waals surface area contributed by atoms with Gasteiger partial charge < -0.3 is 21.1 Å². The molecule has 6 nitrogen and oxygen atoms in total. The zero-order chi connectivity index (χ0) is 15.5. The largest absolute Gasteiger partial charge is 0.484 e. The second kappa shape index (κ2) is 6.36. The van der Waals surface area contributed by atoms with Gasteiger partial charge in [-0.1, -0.05) is 0 Å². The third-order valence-corrected chi connectivity index (χ3v) is 4.35. The summed E-state index contributed by atoms with van der Waals surface area (Å²) in [7, 11) is 0. The van der Waals surface area contributed by atoms with E-state index in [-0.39, 0.29) is 18.6 Å². The van der Waals surface area contributed by atoms with Gasteiger partial charge in [-0.3, -0.25) is 9.59 Å². The normalized spacial score (nSPS) is 26.5. The number of fused-ring (bicyclic) bond motifs is 2. The van der Waals surface area contributed by atoms with Crippen molar-refractivity contribution in [3.63, 3.8) is 0 Å². The van der Waals surface area contributed by atoms with Crippen molar-refractivity contribution in [2.45, 2.75) is 43.8 Å². The summed E-state index contributed by atoms with van der Waals surface area (Å²) >= 11 is 0. The highest BCUT2D eigenvalue weighted by atomic mass is 16.5. The average molecular weight is 303 g/mol. The number of hydrogen-bond acceptors (Lipinski definition) is 4. The van der Waals surface area contributed by atoms with Gasteiger partial charge >= 0.3 is 0 Å². The van der Waals surface area contributed by atoms with Crippen LogP contribution in [0.4, 0.5) is 0 Å². The van der Waals surface area contributed by atoms with Crippen molar-refractivity contribution >= 4 is 11.8 Å². The number of nitrogens with one attached hydrogen (secondary N) is 2. The van der Waals surface area contributed by atoms with E-state index in [1.165, 1.54) is 12.8 Å². The second-order valence-corrected chi connectivity index (χ2v) is 6.05. The van der Waals surface area contributed by atoms with Gasteiger partial charge in [0.15, 0.2) is 6.61 Å². The second-order valence-electron chi connectivity index (χ2n) is 6.05. The fraction of sp³-hybridized carbons (Fsp3) is 0.500. The van der Waals surface area contributed by atoms with E-state index in [2.05, 4.69) is 10.6 Å². The van der Waals surface area contributed by atoms with Crippen LogP contribution in [0.25, 0.3) is 0 Å². The number of amides is 2. The lowest BCUT2D eigenvalue weighted by molar-refractivity contribution is -0.124. The molecule has 22 heavy (non-hydrogen) atoms. The lowest BCUT2D eigenvalue weighted by atomic mass is 10.00. The van der Waals surface area contributed by atoms with Gasteiger partial charge in [-0.15, -0.1) is 0 Å². The predicted molar refractivity (Wildman–Crippen MR) is 81.6 cm³/mol. The zero-order valence-electron chi connectivity index (χ0n) is 12.4. The molecule has 1 aromatic rings. The van der Waals surface area contributed by atoms with Crippen LogP contribution in [0.1, 0.15) is 36.0 Å². The minimum atomic E-state index is -0.482. The molecule has 2 bridgehead atoms. The molecule has 4 N–H and O–H groups in total. The third-order valence-electron chi connectivity index (χ3n) is 4.35. The van der Waals surface area contributed by atoms with Crippen molar-refractivity contribution in [3.8, 4) is 5.75 Å². The molecule has 0 spiro atoms. The highest BCUT2D eigenvalue weighted by Crippen LogP contribution is 2.26. The Labute approximate surface area is 129 Å². The molecule has 2 fully saturated rings. The first-order valence-electron chi connectivity index (χ1n) is 7.68. The molecule has 0 aliphatic carbocycles. The number of piperidine rings is 1. The summed E-state index contributed by atoms with van der Waals surface area (Å²) in [6.07, 6.45) is 4.41. The first kappa shape index (κ1) is 14.8. The number of primary amides is 1. The van der Waals surface area contributed by atoms with Crippen molar-refractivity contribution in [1.82, 2.24) is 10.6 Å². The number of ether oxygens (including phenoxy) is 1. The summed E-state index contributed by atoms with van der Waals surface area (Å²) in [5, 5.41) is 6.59. The summed E-state index contributed by atoms with van der Waals surface area (Å²) in [4.78, 5) is 22.9. The molecule has 0 radical (unpaired) electrons. The maximum absolute atomic E-state index is 12.0. The SMILES string of the molecule is NC(=O)c1ccc(OCC(=O)NC2CC3CCC(C2)N3)cc1. The van der Waals surface area contributed by atoms with E-state index in [0.29, 0.717) is 23.4 Å². The van der Waals surface area contributed by atoms with Gasteiger partial charge in [-0.25, -0.2) is 0 Å². The van der Waals surface area contributed by atoms with Crippen molar-refractivity contribution in [1.29, 1.82) is 0 Å². The minimum Gasteiger partial charge on any atom is -0.484 e. The van der Waals surface area contributed by atoms with Crippen LogP contribution in [0.15, 0.2) is 24.3 Å². The Morgan fingerprint density at radius 3 is 2.41 bits per heavy atom.